The van der Waals surface area contributed by atoms with Gasteiger partial charge in [0.15, 0.2) is 5.82 Å². The number of methoxy groups -OCH3 is 1. The maximum atomic E-state index is 12.1. The highest BCUT2D eigenvalue weighted by molar-refractivity contribution is 7.92. The highest BCUT2D eigenvalue weighted by Crippen LogP contribution is 2.26. The number of nitrogens with zero attached hydrogens (tertiary/aromatic N) is 3. The first kappa shape index (κ1) is 21.6. The van der Waals surface area contributed by atoms with Crippen LogP contribution in [0.3, 0.4) is 0 Å². The van der Waals surface area contributed by atoms with E-state index in [2.05, 4.69) is 19.6 Å². The lowest BCUT2D eigenvalue weighted by atomic mass is 10.1. The van der Waals surface area contributed by atoms with Gasteiger partial charge in [-0.2, -0.15) is 0 Å². The normalized spacial score (nSPS) is 11.2. The second kappa shape index (κ2) is 9.58. The molecule has 3 aromatic rings. The third kappa shape index (κ3) is 5.48. The van der Waals surface area contributed by atoms with Crippen LogP contribution in [-0.2, 0) is 16.6 Å². The van der Waals surface area contributed by atoms with Crippen LogP contribution in [0.25, 0.3) is 11.3 Å². The number of benzene rings is 2. The first-order valence-electron chi connectivity index (χ1n) is 9.68. The van der Waals surface area contributed by atoms with Gasteiger partial charge in [-0.15, -0.1) is 0 Å². The van der Waals surface area contributed by atoms with Gasteiger partial charge in [-0.25, -0.2) is 13.4 Å². The van der Waals surface area contributed by atoms with Crippen molar-refractivity contribution in [2.75, 3.05) is 29.5 Å². The molecule has 0 aliphatic rings. The molecule has 1 N–H and O–H groups in total. The Bertz CT molecular complexity index is 1070. The van der Waals surface area contributed by atoms with E-state index in [1.165, 1.54) is 6.20 Å². The van der Waals surface area contributed by atoms with E-state index >= 15 is 0 Å². The molecule has 0 saturated carbocycles. The summed E-state index contributed by atoms with van der Waals surface area (Å²) < 4.78 is 32.0. The fraction of sp³-hybridized carbons (Fsp3) is 0.273. The maximum absolute atomic E-state index is 12.1. The molecule has 1 aromatic heterocycles. The summed E-state index contributed by atoms with van der Waals surface area (Å²) in [5.74, 6) is 1.11. The summed E-state index contributed by atoms with van der Waals surface area (Å²) in [7, 11) is 0.234. The number of anilines is 2. The molecule has 2 aromatic carbocycles. The number of nitrogens with one attached hydrogen (secondary N) is 1. The van der Waals surface area contributed by atoms with Crippen LogP contribution in [-0.4, -0.2) is 38.3 Å². The van der Waals surface area contributed by atoms with Crippen molar-refractivity contribution in [2.45, 2.75) is 19.9 Å². The van der Waals surface area contributed by atoms with Crippen molar-refractivity contribution in [3.05, 3.63) is 66.5 Å². The SMILES string of the molecule is CCCS(=O)(=O)Nc1nccnc1-c1ccc(CN(C)c2ccc(OC)cc2)cc1. The topological polar surface area (TPSA) is 84.4 Å². The lowest BCUT2D eigenvalue weighted by molar-refractivity contribution is 0.415. The third-order valence-corrected chi connectivity index (χ3v) is 6.03. The van der Waals surface area contributed by atoms with E-state index in [1.54, 1.807) is 13.3 Å². The summed E-state index contributed by atoms with van der Waals surface area (Å²) in [6.07, 6.45) is 3.56. The first-order valence-corrected chi connectivity index (χ1v) is 11.3. The van der Waals surface area contributed by atoms with Crippen molar-refractivity contribution < 1.29 is 13.2 Å². The Balaban J connectivity index is 1.76. The molecule has 0 aliphatic carbocycles. The van der Waals surface area contributed by atoms with Crippen LogP contribution in [0, 0.1) is 0 Å². The van der Waals surface area contributed by atoms with Gasteiger partial charge in [0.25, 0.3) is 0 Å². The number of aromatic nitrogens is 2. The van der Waals surface area contributed by atoms with Gasteiger partial charge in [-0.3, -0.25) is 9.71 Å². The Kier molecular flexibility index (Phi) is 6.89. The van der Waals surface area contributed by atoms with Gasteiger partial charge in [0.1, 0.15) is 11.4 Å². The van der Waals surface area contributed by atoms with Gasteiger partial charge in [-0.05, 0) is 36.2 Å². The molecule has 0 aliphatic heterocycles. The molecular formula is C22H26N4O3S. The largest absolute Gasteiger partial charge is 0.497 e. The molecule has 3 rings (SSSR count). The standard InChI is InChI=1S/C22H26N4O3S/c1-4-15-30(27,28)25-22-21(23-13-14-24-22)18-7-5-17(6-8-18)16-26(2)19-9-11-20(29-3)12-10-19/h5-14H,4,15-16H2,1-3H3,(H,24,25). The van der Waals surface area contributed by atoms with E-state index < -0.39 is 10.0 Å². The molecule has 30 heavy (non-hydrogen) atoms. The summed E-state index contributed by atoms with van der Waals surface area (Å²) in [6.45, 7) is 2.54. The number of hydrogen-bond acceptors (Lipinski definition) is 6. The van der Waals surface area contributed by atoms with Crippen LogP contribution in [0.5, 0.6) is 5.75 Å². The molecule has 158 valence electrons. The maximum Gasteiger partial charge on any atom is 0.233 e. The third-order valence-electron chi connectivity index (χ3n) is 4.58. The average Bonchev–Trinajstić information content (AvgIpc) is 2.74. The molecule has 0 radical (unpaired) electrons. The fourth-order valence-electron chi connectivity index (χ4n) is 3.06. The summed E-state index contributed by atoms with van der Waals surface area (Å²) in [6, 6.07) is 15.8. The molecule has 0 bridgehead atoms. The van der Waals surface area contributed by atoms with E-state index in [1.807, 2.05) is 62.5 Å². The number of rotatable bonds is 9. The van der Waals surface area contributed by atoms with Crippen molar-refractivity contribution in [1.29, 1.82) is 0 Å². The molecule has 0 fully saturated rings. The zero-order valence-electron chi connectivity index (χ0n) is 17.4. The van der Waals surface area contributed by atoms with Crippen LogP contribution in [0.2, 0.25) is 0 Å². The molecule has 7 nitrogen and oxygen atoms in total. The lowest BCUT2D eigenvalue weighted by Crippen LogP contribution is -2.18. The zero-order valence-corrected chi connectivity index (χ0v) is 18.2. The lowest BCUT2D eigenvalue weighted by Gasteiger charge is -2.20. The quantitative estimate of drug-likeness (QED) is 0.558. The van der Waals surface area contributed by atoms with Crippen LogP contribution in [0.1, 0.15) is 18.9 Å². The number of hydrogen-bond donors (Lipinski definition) is 1. The summed E-state index contributed by atoms with van der Waals surface area (Å²) in [5, 5.41) is 0. The van der Waals surface area contributed by atoms with Gasteiger partial charge in [-0.1, -0.05) is 31.2 Å². The number of ether oxygens (including phenoxy) is 1. The van der Waals surface area contributed by atoms with E-state index in [-0.39, 0.29) is 11.6 Å². The Hall–Kier alpha value is -3.13. The fourth-order valence-corrected chi connectivity index (χ4v) is 4.14. The molecule has 0 unspecified atom stereocenters. The summed E-state index contributed by atoms with van der Waals surface area (Å²) in [5.41, 5.74) is 3.51. The van der Waals surface area contributed by atoms with Crippen molar-refractivity contribution in [1.82, 2.24) is 9.97 Å². The molecule has 0 amide bonds. The van der Waals surface area contributed by atoms with Crippen LogP contribution < -0.4 is 14.4 Å². The van der Waals surface area contributed by atoms with E-state index in [4.69, 9.17) is 4.74 Å². The van der Waals surface area contributed by atoms with Crippen LogP contribution >= 0.6 is 0 Å². The summed E-state index contributed by atoms with van der Waals surface area (Å²) in [4.78, 5) is 10.7. The van der Waals surface area contributed by atoms with Gasteiger partial charge in [0.05, 0.1) is 12.9 Å². The first-order chi connectivity index (χ1) is 14.4. The van der Waals surface area contributed by atoms with E-state index in [9.17, 15) is 8.42 Å². The molecule has 8 heteroatoms. The summed E-state index contributed by atoms with van der Waals surface area (Å²) >= 11 is 0. The van der Waals surface area contributed by atoms with Crippen molar-refractivity contribution >= 4 is 21.5 Å². The Morgan fingerprint density at radius 3 is 2.30 bits per heavy atom. The minimum Gasteiger partial charge on any atom is -0.497 e. The Morgan fingerprint density at radius 1 is 1.00 bits per heavy atom. The Morgan fingerprint density at radius 2 is 1.67 bits per heavy atom. The van der Waals surface area contributed by atoms with Crippen molar-refractivity contribution in [2.24, 2.45) is 0 Å². The number of sulfonamides is 1. The average molecular weight is 427 g/mol. The second-order valence-electron chi connectivity index (χ2n) is 6.93. The van der Waals surface area contributed by atoms with Crippen LogP contribution in [0.15, 0.2) is 60.9 Å². The molecule has 1 heterocycles. The smallest absolute Gasteiger partial charge is 0.233 e. The predicted octanol–water partition coefficient (Wildman–Crippen LogP) is 3.94. The van der Waals surface area contributed by atoms with Crippen molar-refractivity contribution in [3.63, 3.8) is 0 Å². The monoisotopic (exact) mass is 426 g/mol. The van der Waals surface area contributed by atoms with E-state index in [0.29, 0.717) is 12.1 Å². The second-order valence-corrected chi connectivity index (χ2v) is 8.77. The van der Waals surface area contributed by atoms with E-state index in [0.717, 1.165) is 29.1 Å². The highest BCUT2D eigenvalue weighted by atomic mass is 32.2. The van der Waals surface area contributed by atoms with Gasteiger partial charge in [0, 0.05) is 37.2 Å². The molecule has 0 saturated heterocycles. The van der Waals surface area contributed by atoms with Gasteiger partial charge < -0.3 is 9.64 Å². The van der Waals surface area contributed by atoms with Gasteiger partial charge in [0.2, 0.25) is 10.0 Å². The Labute approximate surface area is 177 Å². The van der Waals surface area contributed by atoms with Gasteiger partial charge >= 0.3 is 0 Å². The minimum absolute atomic E-state index is 0.0413. The zero-order chi connectivity index (χ0) is 21.6. The molecule has 0 atom stereocenters. The van der Waals surface area contributed by atoms with Crippen molar-refractivity contribution in [3.8, 4) is 17.0 Å². The predicted molar refractivity (Wildman–Crippen MR) is 120 cm³/mol. The molecular weight excluding hydrogens is 400 g/mol. The minimum atomic E-state index is -3.44. The molecule has 0 spiro atoms. The highest BCUT2D eigenvalue weighted by Gasteiger charge is 2.15. The van der Waals surface area contributed by atoms with Crippen LogP contribution in [0.4, 0.5) is 11.5 Å².